The lowest BCUT2D eigenvalue weighted by Gasteiger charge is -2.21. The molecule has 1 atom stereocenters. The number of benzene rings is 2. The molecule has 0 bridgehead atoms. The number of alkyl halides is 3. The van der Waals surface area contributed by atoms with Gasteiger partial charge in [-0.2, -0.15) is 0 Å². The Morgan fingerprint density at radius 1 is 1.21 bits per heavy atom. The van der Waals surface area contributed by atoms with Crippen molar-refractivity contribution in [3.05, 3.63) is 62.1 Å². The smallest absolute Gasteiger partial charge is 0.405 e. The predicted octanol–water partition coefficient (Wildman–Crippen LogP) is 4.22. The molecule has 1 aromatic heterocycles. The van der Waals surface area contributed by atoms with Crippen LogP contribution in [-0.4, -0.2) is 54.6 Å². The third-order valence-corrected chi connectivity index (χ3v) is 8.98. The standard InChI is InChI=1S/C24H25Cl2F3N4O4S/c1-2-38(35,36)20-4-3-16(25)7-15(20)11-33-13-31-22-17(23(33)34)8-19(37-24(27,28)29)18(21(22)26)12-32-6-5-14(9-30)10-32/h3-4,7-8,13-14H,2,5-6,9-12,30H2,1H3. The maximum atomic E-state index is 13.4. The first-order chi connectivity index (χ1) is 17.8. The fraction of sp³-hybridized carbons (Fsp3) is 0.417. The van der Waals surface area contributed by atoms with Crippen LogP contribution in [-0.2, 0) is 22.9 Å². The summed E-state index contributed by atoms with van der Waals surface area (Å²) in [7, 11) is -3.65. The number of halogens is 5. The summed E-state index contributed by atoms with van der Waals surface area (Å²) < 4.78 is 70.4. The van der Waals surface area contributed by atoms with Crippen LogP contribution in [0.2, 0.25) is 10.0 Å². The van der Waals surface area contributed by atoms with Crippen molar-refractivity contribution in [3.63, 3.8) is 0 Å². The summed E-state index contributed by atoms with van der Waals surface area (Å²) in [5.74, 6) is -0.550. The van der Waals surface area contributed by atoms with Gasteiger partial charge in [0, 0.05) is 23.7 Å². The van der Waals surface area contributed by atoms with Gasteiger partial charge in [-0.3, -0.25) is 14.3 Å². The molecule has 8 nitrogen and oxygen atoms in total. The number of nitrogens with zero attached hydrogens (tertiary/aromatic N) is 3. The number of nitrogens with two attached hydrogens (primary N) is 1. The molecule has 38 heavy (non-hydrogen) atoms. The molecule has 1 saturated heterocycles. The summed E-state index contributed by atoms with van der Waals surface area (Å²) in [6, 6.07) is 5.17. The van der Waals surface area contributed by atoms with E-state index in [1.807, 2.05) is 4.90 Å². The van der Waals surface area contributed by atoms with Gasteiger partial charge in [-0.15, -0.1) is 13.2 Å². The topological polar surface area (TPSA) is 108 Å². The molecular weight excluding hydrogens is 568 g/mol. The van der Waals surface area contributed by atoms with Crippen molar-refractivity contribution in [1.82, 2.24) is 14.5 Å². The first-order valence-corrected chi connectivity index (χ1v) is 14.1. The third kappa shape index (κ3) is 6.09. The second-order valence-corrected chi connectivity index (χ2v) is 12.1. The SMILES string of the molecule is CCS(=O)(=O)c1ccc(Cl)cc1Cn1cnc2c(Cl)c(CN3CCC(CN)C3)c(OC(F)(F)F)cc2c1=O. The van der Waals surface area contributed by atoms with E-state index in [4.69, 9.17) is 28.9 Å². The minimum Gasteiger partial charge on any atom is -0.405 e. The minimum absolute atomic E-state index is 0.00716. The number of hydrogen-bond donors (Lipinski definition) is 1. The van der Waals surface area contributed by atoms with E-state index in [1.165, 1.54) is 31.5 Å². The van der Waals surface area contributed by atoms with Crippen molar-refractivity contribution in [2.24, 2.45) is 11.7 Å². The van der Waals surface area contributed by atoms with E-state index >= 15 is 0 Å². The van der Waals surface area contributed by atoms with Crippen LogP contribution in [0.4, 0.5) is 13.2 Å². The molecule has 1 fully saturated rings. The monoisotopic (exact) mass is 592 g/mol. The number of hydrogen-bond acceptors (Lipinski definition) is 7. The second kappa shape index (κ2) is 11.0. The van der Waals surface area contributed by atoms with Gasteiger partial charge in [-0.1, -0.05) is 30.1 Å². The van der Waals surface area contributed by atoms with Crippen LogP contribution < -0.4 is 16.0 Å². The molecule has 1 aliphatic rings. The molecule has 3 aromatic rings. The van der Waals surface area contributed by atoms with E-state index in [1.54, 1.807) is 0 Å². The lowest BCUT2D eigenvalue weighted by molar-refractivity contribution is -0.274. The van der Waals surface area contributed by atoms with Crippen LogP contribution in [0.5, 0.6) is 5.75 Å². The summed E-state index contributed by atoms with van der Waals surface area (Å²) in [6.45, 7) is 2.98. The van der Waals surface area contributed by atoms with Crippen molar-refractivity contribution in [3.8, 4) is 5.75 Å². The minimum atomic E-state index is -5.03. The van der Waals surface area contributed by atoms with Gasteiger partial charge in [0.1, 0.15) is 5.75 Å². The lowest BCUT2D eigenvalue weighted by Crippen LogP contribution is -2.26. The third-order valence-electron chi connectivity index (χ3n) is 6.51. The van der Waals surface area contributed by atoms with Gasteiger partial charge in [0.15, 0.2) is 9.84 Å². The molecular formula is C24H25Cl2F3N4O4S. The number of rotatable bonds is 8. The van der Waals surface area contributed by atoms with Crippen molar-refractivity contribution in [2.45, 2.75) is 37.7 Å². The highest BCUT2D eigenvalue weighted by atomic mass is 35.5. The van der Waals surface area contributed by atoms with Gasteiger partial charge in [-0.05, 0) is 55.3 Å². The molecule has 0 saturated carbocycles. The molecule has 0 amide bonds. The Morgan fingerprint density at radius 3 is 2.58 bits per heavy atom. The molecule has 14 heteroatoms. The Labute approximate surface area is 227 Å². The zero-order valence-electron chi connectivity index (χ0n) is 20.3. The zero-order chi connectivity index (χ0) is 27.8. The van der Waals surface area contributed by atoms with Crippen LogP contribution in [0.25, 0.3) is 10.9 Å². The second-order valence-electron chi connectivity index (χ2n) is 9.07. The van der Waals surface area contributed by atoms with Crippen LogP contribution in [0, 0.1) is 5.92 Å². The molecule has 0 aliphatic carbocycles. The van der Waals surface area contributed by atoms with Crippen LogP contribution >= 0.6 is 23.2 Å². The Bertz CT molecular complexity index is 1530. The number of likely N-dealkylation sites (tertiary alicyclic amines) is 1. The molecule has 0 radical (unpaired) electrons. The molecule has 1 aliphatic heterocycles. The molecule has 206 valence electrons. The van der Waals surface area contributed by atoms with E-state index in [0.717, 1.165) is 17.1 Å². The zero-order valence-corrected chi connectivity index (χ0v) is 22.6. The van der Waals surface area contributed by atoms with E-state index in [0.29, 0.717) is 19.6 Å². The summed E-state index contributed by atoms with van der Waals surface area (Å²) in [4.78, 5) is 19.5. The Kier molecular flexibility index (Phi) is 8.29. The molecule has 0 spiro atoms. The number of sulfone groups is 1. The Morgan fingerprint density at radius 2 is 1.95 bits per heavy atom. The quantitative estimate of drug-likeness (QED) is 0.417. The number of ether oxygens (including phenoxy) is 1. The lowest BCUT2D eigenvalue weighted by atomic mass is 10.1. The van der Waals surface area contributed by atoms with Gasteiger partial charge in [0.25, 0.3) is 5.56 Å². The van der Waals surface area contributed by atoms with Crippen LogP contribution in [0.1, 0.15) is 24.5 Å². The molecule has 2 N–H and O–H groups in total. The van der Waals surface area contributed by atoms with Gasteiger partial charge >= 0.3 is 6.36 Å². The maximum Gasteiger partial charge on any atom is 0.573 e. The predicted molar refractivity (Wildman–Crippen MR) is 138 cm³/mol. The van der Waals surface area contributed by atoms with E-state index in [2.05, 4.69) is 9.72 Å². The van der Waals surface area contributed by atoms with Crippen molar-refractivity contribution in [2.75, 3.05) is 25.4 Å². The first-order valence-electron chi connectivity index (χ1n) is 11.7. The highest BCUT2D eigenvalue weighted by molar-refractivity contribution is 7.91. The fourth-order valence-corrected chi connectivity index (χ4v) is 6.15. The van der Waals surface area contributed by atoms with Crippen LogP contribution in [0.15, 0.2) is 40.3 Å². The van der Waals surface area contributed by atoms with E-state index in [9.17, 15) is 26.4 Å². The fourth-order valence-electron chi connectivity index (χ4n) is 4.54. The number of aromatic nitrogens is 2. The number of fused-ring (bicyclic) bond motifs is 1. The van der Waals surface area contributed by atoms with Crippen molar-refractivity contribution >= 4 is 43.9 Å². The van der Waals surface area contributed by atoms with Gasteiger partial charge in [0.2, 0.25) is 0 Å². The Hall–Kier alpha value is -2.38. The Balaban J connectivity index is 1.81. The maximum absolute atomic E-state index is 13.4. The van der Waals surface area contributed by atoms with Gasteiger partial charge < -0.3 is 10.5 Å². The molecule has 1 unspecified atom stereocenters. The summed E-state index contributed by atoms with van der Waals surface area (Å²) in [5.41, 5.74) is 5.32. The largest absolute Gasteiger partial charge is 0.573 e. The van der Waals surface area contributed by atoms with Crippen molar-refractivity contribution in [1.29, 1.82) is 0 Å². The first kappa shape index (κ1) is 28.6. The highest BCUT2D eigenvalue weighted by Gasteiger charge is 2.34. The molecule has 2 heterocycles. The summed E-state index contributed by atoms with van der Waals surface area (Å²) in [6.07, 6.45) is -3.05. The summed E-state index contributed by atoms with van der Waals surface area (Å²) in [5, 5.41) is -0.0768. The van der Waals surface area contributed by atoms with Gasteiger partial charge in [0.05, 0.1) is 39.4 Å². The summed E-state index contributed by atoms with van der Waals surface area (Å²) >= 11 is 12.6. The van der Waals surface area contributed by atoms with Crippen molar-refractivity contribution < 1.29 is 26.3 Å². The highest BCUT2D eigenvalue weighted by Crippen LogP contribution is 2.37. The molecule has 4 rings (SSSR count). The normalized spacial score (nSPS) is 16.9. The van der Waals surface area contributed by atoms with Gasteiger partial charge in [-0.25, -0.2) is 13.4 Å². The van der Waals surface area contributed by atoms with E-state index < -0.39 is 27.5 Å². The average molecular weight is 593 g/mol. The van der Waals surface area contributed by atoms with E-state index in [-0.39, 0.29) is 61.7 Å². The van der Waals surface area contributed by atoms with Crippen LogP contribution in [0.3, 0.4) is 0 Å². The molecule has 2 aromatic carbocycles. The average Bonchev–Trinajstić information content (AvgIpc) is 3.30.